The molecule has 1 N–H and O–H groups in total. The molecule has 122 valence electrons. The van der Waals surface area contributed by atoms with Crippen LogP contribution in [0.15, 0.2) is 79.1 Å². The molecule has 0 fully saturated rings. The van der Waals surface area contributed by atoms with Gasteiger partial charge in [-0.1, -0.05) is 42.5 Å². The molecule has 0 saturated carbocycles. The van der Waals surface area contributed by atoms with Gasteiger partial charge in [-0.2, -0.15) is 0 Å². The molecule has 0 saturated heterocycles. The molecule has 0 aliphatic carbocycles. The Labute approximate surface area is 142 Å². The molecule has 0 bridgehead atoms. The fraction of sp³-hybridized carbons (Fsp3) is 0.105. The molecule has 0 spiro atoms. The standard InChI is InChI=1S/C19H18N2O2S/c22-24(23,15-18-4-2-1-3-5-18)21-19-8-6-16(7-9-19)14-17-10-12-20-13-11-17/h1-13,21H,14-15H2. The van der Waals surface area contributed by atoms with Gasteiger partial charge in [-0.3, -0.25) is 9.71 Å². The largest absolute Gasteiger partial charge is 0.283 e. The van der Waals surface area contributed by atoms with Crippen molar-refractivity contribution < 1.29 is 8.42 Å². The Morgan fingerprint density at radius 1 is 0.750 bits per heavy atom. The summed E-state index contributed by atoms with van der Waals surface area (Å²) < 4.78 is 27.1. The Bertz CT molecular complexity index is 878. The molecule has 0 radical (unpaired) electrons. The van der Waals surface area contributed by atoms with Crippen LogP contribution in [0.1, 0.15) is 16.7 Å². The summed E-state index contributed by atoms with van der Waals surface area (Å²) in [6.07, 6.45) is 4.32. The summed E-state index contributed by atoms with van der Waals surface area (Å²) in [5, 5.41) is 0. The van der Waals surface area contributed by atoms with Crippen molar-refractivity contribution in [1.29, 1.82) is 0 Å². The summed E-state index contributed by atoms with van der Waals surface area (Å²) in [6.45, 7) is 0. The molecule has 0 aliphatic rings. The average Bonchev–Trinajstić information content (AvgIpc) is 2.58. The highest BCUT2D eigenvalue weighted by atomic mass is 32.2. The highest BCUT2D eigenvalue weighted by Crippen LogP contribution is 2.16. The van der Waals surface area contributed by atoms with Gasteiger partial charge in [-0.25, -0.2) is 8.42 Å². The van der Waals surface area contributed by atoms with Gasteiger partial charge in [0.05, 0.1) is 5.75 Å². The molecular formula is C19H18N2O2S. The number of nitrogens with zero attached hydrogens (tertiary/aromatic N) is 1. The number of pyridine rings is 1. The lowest BCUT2D eigenvalue weighted by molar-refractivity contribution is 0.600. The first-order chi connectivity index (χ1) is 11.6. The molecule has 3 aromatic rings. The molecule has 24 heavy (non-hydrogen) atoms. The van der Waals surface area contributed by atoms with Gasteiger partial charge in [0, 0.05) is 18.1 Å². The molecule has 3 rings (SSSR count). The number of hydrogen-bond donors (Lipinski definition) is 1. The first-order valence-electron chi connectivity index (χ1n) is 7.63. The minimum atomic E-state index is -3.42. The third kappa shape index (κ3) is 4.67. The molecule has 4 nitrogen and oxygen atoms in total. The van der Waals surface area contributed by atoms with E-state index in [1.807, 2.05) is 42.5 Å². The fourth-order valence-corrected chi connectivity index (χ4v) is 3.63. The van der Waals surface area contributed by atoms with Crippen LogP contribution in [-0.4, -0.2) is 13.4 Å². The van der Waals surface area contributed by atoms with Gasteiger partial charge in [0.2, 0.25) is 10.0 Å². The molecule has 0 aliphatic heterocycles. The quantitative estimate of drug-likeness (QED) is 0.747. The van der Waals surface area contributed by atoms with Crippen LogP contribution in [0.4, 0.5) is 5.69 Å². The van der Waals surface area contributed by atoms with Gasteiger partial charge in [0.15, 0.2) is 0 Å². The Balaban J connectivity index is 1.65. The highest BCUT2D eigenvalue weighted by Gasteiger charge is 2.11. The van der Waals surface area contributed by atoms with Gasteiger partial charge >= 0.3 is 0 Å². The van der Waals surface area contributed by atoms with E-state index in [2.05, 4.69) is 9.71 Å². The lowest BCUT2D eigenvalue weighted by atomic mass is 10.1. The second-order valence-corrected chi connectivity index (χ2v) is 7.30. The number of nitrogens with one attached hydrogen (secondary N) is 1. The normalized spacial score (nSPS) is 11.2. The molecule has 1 aromatic heterocycles. The predicted octanol–water partition coefficient (Wildman–Crippen LogP) is 3.61. The SMILES string of the molecule is O=S(=O)(Cc1ccccc1)Nc1ccc(Cc2ccncc2)cc1. The summed E-state index contributed by atoms with van der Waals surface area (Å²) in [5.74, 6) is -0.0351. The molecule has 5 heteroatoms. The summed E-state index contributed by atoms with van der Waals surface area (Å²) in [6, 6.07) is 20.5. The number of sulfonamides is 1. The predicted molar refractivity (Wildman–Crippen MR) is 96.2 cm³/mol. The number of hydrogen-bond acceptors (Lipinski definition) is 3. The van der Waals surface area contributed by atoms with Gasteiger partial charge in [-0.05, 0) is 47.4 Å². The Morgan fingerprint density at radius 3 is 2.04 bits per heavy atom. The lowest BCUT2D eigenvalue weighted by Gasteiger charge is -2.09. The summed E-state index contributed by atoms with van der Waals surface area (Å²) in [7, 11) is -3.42. The van der Waals surface area contributed by atoms with Crippen LogP contribution in [-0.2, 0) is 22.2 Å². The van der Waals surface area contributed by atoms with E-state index in [4.69, 9.17) is 0 Å². The number of rotatable bonds is 6. The minimum absolute atomic E-state index is 0.0351. The summed E-state index contributed by atoms with van der Waals surface area (Å²) in [5.41, 5.74) is 3.62. The van der Waals surface area contributed by atoms with Crippen LogP contribution >= 0.6 is 0 Å². The van der Waals surface area contributed by atoms with Crippen molar-refractivity contribution in [2.24, 2.45) is 0 Å². The van der Waals surface area contributed by atoms with Gasteiger partial charge < -0.3 is 0 Å². The Hall–Kier alpha value is -2.66. The van der Waals surface area contributed by atoms with Crippen molar-refractivity contribution in [3.05, 3.63) is 95.8 Å². The van der Waals surface area contributed by atoms with E-state index in [0.29, 0.717) is 5.69 Å². The maximum absolute atomic E-state index is 12.2. The molecule has 1 heterocycles. The van der Waals surface area contributed by atoms with E-state index in [1.54, 1.807) is 36.7 Å². The number of anilines is 1. The molecule has 0 unspecified atom stereocenters. The topological polar surface area (TPSA) is 59.1 Å². The van der Waals surface area contributed by atoms with Gasteiger partial charge in [0.1, 0.15) is 0 Å². The number of aromatic nitrogens is 1. The van der Waals surface area contributed by atoms with Crippen LogP contribution in [0.25, 0.3) is 0 Å². The fourth-order valence-electron chi connectivity index (χ4n) is 2.44. The van der Waals surface area contributed by atoms with Crippen LogP contribution < -0.4 is 4.72 Å². The van der Waals surface area contributed by atoms with Crippen molar-refractivity contribution in [2.45, 2.75) is 12.2 Å². The summed E-state index contributed by atoms with van der Waals surface area (Å²) in [4.78, 5) is 4.00. The van der Waals surface area contributed by atoms with Crippen molar-refractivity contribution in [1.82, 2.24) is 4.98 Å². The van der Waals surface area contributed by atoms with Gasteiger partial charge in [0.25, 0.3) is 0 Å². The minimum Gasteiger partial charge on any atom is -0.283 e. The first-order valence-corrected chi connectivity index (χ1v) is 9.28. The van der Waals surface area contributed by atoms with E-state index in [0.717, 1.165) is 17.5 Å². The van der Waals surface area contributed by atoms with E-state index < -0.39 is 10.0 Å². The highest BCUT2D eigenvalue weighted by molar-refractivity contribution is 7.91. The molecule has 0 amide bonds. The van der Waals surface area contributed by atoms with Crippen LogP contribution in [0.5, 0.6) is 0 Å². The van der Waals surface area contributed by atoms with Crippen LogP contribution in [0, 0.1) is 0 Å². The first kappa shape index (κ1) is 16.2. The monoisotopic (exact) mass is 338 g/mol. The van der Waals surface area contributed by atoms with Gasteiger partial charge in [-0.15, -0.1) is 0 Å². The Morgan fingerprint density at radius 2 is 1.38 bits per heavy atom. The lowest BCUT2D eigenvalue weighted by Crippen LogP contribution is -2.15. The van der Waals surface area contributed by atoms with Crippen molar-refractivity contribution in [2.75, 3.05) is 4.72 Å². The van der Waals surface area contributed by atoms with E-state index in [1.165, 1.54) is 5.56 Å². The smallest absolute Gasteiger partial charge is 0.236 e. The third-order valence-electron chi connectivity index (χ3n) is 3.58. The molecule has 0 atom stereocenters. The maximum atomic E-state index is 12.2. The van der Waals surface area contributed by atoms with Crippen LogP contribution in [0.2, 0.25) is 0 Å². The zero-order valence-electron chi connectivity index (χ0n) is 13.1. The van der Waals surface area contributed by atoms with E-state index in [-0.39, 0.29) is 5.75 Å². The van der Waals surface area contributed by atoms with E-state index in [9.17, 15) is 8.42 Å². The molecule has 2 aromatic carbocycles. The van der Waals surface area contributed by atoms with E-state index >= 15 is 0 Å². The van der Waals surface area contributed by atoms with Crippen molar-refractivity contribution >= 4 is 15.7 Å². The maximum Gasteiger partial charge on any atom is 0.236 e. The van der Waals surface area contributed by atoms with Crippen LogP contribution in [0.3, 0.4) is 0 Å². The second kappa shape index (κ2) is 7.27. The Kier molecular flexibility index (Phi) is 4.91. The third-order valence-corrected chi connectivity index (χ3v) is 4.84. The zero-order valence-corrected chi connectivity index (χ0v) is 13.9. The second-order valence-electron chi connectivity index (χ2n) is 5.58. The zero-order chi connectivity index (χ0) is 16.8. The summed E-state index contributed by atoms with van der Waals surface area (Å²) >= 11 is 0. The van der Waals surface area contributed by atoms with Crippen molar-refractivity contribution in [3.8, 4) is 0 Å². The average molecular weight is 338 g/mol. The van der Waals surface area contributed by atoms with Crippen molar-refractivity contribution in [3.63, 3.8) is 0 Å². The molecular weight excluding hydrogens is 320 g/mol. The number of benzene rings is 2.